The third-order valence-corrected chi connectivity index (χ3v) is 6.16. The smallest absolute Gasteiger partial charge is 0.223 e. The van der Waals surface area contributed by atoms with Crippen molar-refractivity contribution in [2.75, 3.05) is 18.0 Å². The molecule has 1 saturated heterocycles. The number of amides is 1. The third-order valence-electron chi connectivity index (χ3n) is 6.16. The van der Waals surface area contributed by atoms with E-state index in [4.69, 9.17) is 0 Å². The molecular formula is C21H29N5O2. The first-order valence-electron chi connectivity index (χ1n) is 10.2. The Labute approximate surface area is 165 Å². The average Bonchev–Trinajstić information content (AvgIpc) is 3.32. The van der Waals surface area contributed by atoms with Gasteiger partial charge in [0.25, 0.3) is 0 Å². The lowest BCUT2D eigenvalue weighted by molar-refractivity contribution is -0.127. The van der Waals surface area contributed by atoms with Crippen LogP contribution in [-0.2, 0) is 11.3 Å². The van der Waals surface area contributed by atoms with Gasteiger partial charge in [-0.05, 0) is 56.2 Å². The second-order valence-corrected chi connectivity index (χ2v) is 8.17. The van der Waals surface area contributed by atoms with Crippen LogP contribution in [0.1, 0.15) is 31.2 Å². The van der Waals surface area contributed by atoms with Crippen LogP contribution in [-0.4, -0.2) is 51.0 Å². The molecule has 1 saturated carbocycles. The van der Waals surface area contributed by atoms with Crippen LogP contribution < -0.4 is 10.2 Å². The van der Waals surface area contributed by atoms with Crippen molar-refractivity contribution in [1.82, 2.24) is 20.1 Å². The number of nitrogens with zero attached hydrogens (tertiary/aromatic N) is 4. The van der Waals surface area contributed by atoms with E-state index in [1.165, 1.54) is 11.3 Å². The molecule has 1 aliphatic carbocycles. The molecular weight excluding hydrogens is 354 g/mol. The second-order valence-electron chi connectivity index (χ2n) is 8.17. The highest BCUT2D eigenvalue weighted by molar-refractivity contribution is 5.79. The minimum absolute atomic E-state index is 0.0239. The van der Waals surface area contributed by atoms with Crippen molar-refractivity contribution >= 4 is 11.6 Å². The van der Waals surface area contributed by atoms with E-state index in [1.54, 1.807) is 6.20 Å². The molecule has 3 heterocycles. The molecule has 2 aromatic heterocycles. The summed E-state index contributed by atoms with van der Waals surface area (Å²) in [5.74, 6) is 0.461. The van der Waals surface area contributed by atoms with Gasteiger partial charge in [0, 0.05) is 56.0 Å². The van der Waals surface area contributed by atoms with Gasteiger partial charge in [0.2, 0.25) is 5.91 Å². The van der Waals surface area contributed by atoms with Crippen molar-refractivity contribution in [2.45, 2.75) is 51.3 Å². The van der Waals surface area contributed by atoms with Crippen LogP contribution in [0.15, 0.2) is 36.9 Å². The van der Waals surface area contributed by atoms with Crippen LogP contribution in [0.4, 0.5) is 5.69 Å². The number of hydrogen-bond donors (Lipinski definition) is 2. The summed E-state index contributed by atoms with van der Waals surface area (Å²) >= 11 is 0. The molecule has 1 amide bonds. The van der Waals surface area contributed by atoms with E-state index in [-0.39, 0.29) is 17.9 Å². The molecule has 2 N–H and O–H groups in total. The molecule has 1 aliphatic heterocycles. The van der Waals surface area contributed by atoms with Crippen LogP contribution in [0.25, 0.3) is 0 Å². The fourth-order valence-corrected chi connectivity index (χ4v) is 4.60. The summed E-state index contributed by atoms with van der Waals surface area (Å²) in [4.78, 5) is 19.3. The zero-order chi connectivity index (χ0) is 19.5. The average molecular weight is 383 g/mol. The quantitative estimate of drug-likeness (QED) is 0.822. The zero-order valence-corrected chi connectivity index (χ0v) is 16.4. The molecule has 1 unspecified atom stereocenters. The van der Waals surface area contributed by atoms with E-state index in [9.17, 15) is 9.90 Å². The second kappa shape index (κ2) is 8.31. The lowest BCUT2D eigenvalue weighted by Gasteiger charge is -2.34. The fraction of sp³-hybridized carbons (Fsp3) is 0.571. The predicted octanol–water partition coefficient (Wildman–Crippen LogP) is 1.76. The Kier molecular flexibility index (Phi) is 5.62. The number of aliphatic hydroxyl groups excluding tert-OH is 1. The monoisotopic (exact) mass is 383 g/mol. The summed E-state index contributed by atoms with van der Waals surface area (Å²) in [6, 6.07) is 3.81. The predicted molar refractivity (Wildman–Crippen MR) is 107 cm³/mol. The highest BCUT2D eigenvalue weighted by Gasteiger charge is 2.36. The SMILES string of the molecule is Cc1cnccc1N1CCC(C(=O)N[C@@H]2CC(Cn3cccn3)C[C@H]2O)CC1. The lowest BCUT2D eigenvalue weighted by atomic mass is 9.94. The molecule has 2 aliphatic rings. The van der Waals surface area contributed by atoms with Crippen LogP contribution in [0.5, 0.6) is 0 Å². The van der Waals surface area contributed by atoms with Crippen molar-refractivity contribution < 1.29 is 9.90 Å². The van der Waals surface area contributed by atoms with Gasteiger partial charge < -0.3 is 15.3 Å². The highest BCUT2D eigenvalue weighted by Crippen LogP contribution is 2.29. The zero-order valence-electron chi connectivity index (χ0n) is 16.4. The summed E-state index contributed by atoms with van der Waals surface area (Å²) in [5.41, 5.74) is 2.38. The molecule has 7 nitrogen and oxygen atoms in total. The number of nitrogens with one attached hydrogen (secondary N) is 1. The maximum atomic E-state index is 12.8. The number of carbonyl (C=O) groups is 1. The summed E-state index contributed by atoms with van der Waals surface area (Å²) in [6.07, 6.45) is 10.1. The molecule has 28 heavy (non-hydrogen) atoms. The Bertz CT molecular complexity index is 786. The standard InChI is InChI=1S/C21H29N5O2/c1-15-13-22-7-3-19(15)25-9-4-17(5-10-25)21(28)24-18-11-16(12-20(18)27)14-26-8-2-6-23-26/h2-3,6-8,13,16-18,20,27H,4-5,9-12,14H2,1H3,(H,24,28)/t16?,18-,20-/m1/s1. The van der Waals surface area contributed by atoms with Gasteiger partial charge in [0.05, 0.1) is 12.1 Å². The van der Waals surface area contributed by atoms with E-state index >= 15 is 0 Å². The molecule has 7 heteroatoms. The van der Waals surface area contributed by atoms with Crippen molar-refractivity contribution in [3.05, 3.63) is 42.5 Å². The maximum Gasteiger partial charge on any atom is 0.223 e. The van der Waals surface area contributed by atoms with Gasteiger partial charge in [-0.2, -0.15) is 5.10 Å². The van der Waals surface area contributed by atoms with Gasteiger partial charge in [-0.1, -0.05) is 0 Å². The number of aromatic nitrogens is 3. The van der Waals surface area contributed by atoms with Crippen LogP contribution in [0.2, 0.25) is 0 Å². The van der Waals surface area contributed by atoms with Gasteiger partial charge in [-0.25, -0.2) is 0 Å². The highest BCUT2D eigenvalue weighted by atomic mass is 16.3. The number of anilines is 1. The molecule has 3 atom stereocenters. The first-order chi connectivity index (χ1) is 13.6. The minimum atomic E-state index is -0.468. The van der Waals surface area contributed by atoms with Gasteiger partial charge in [-0.3, -0.25) is 14.5 Å². The van der Waals surface area contributed by atoms with E-state index in [0.29, 0.717) is 12.3 Å². The Balaban J connectivity index is 1.27. The molecule has 0 aromatic carbocycles. The summed E-state index contributed by atoms with van der Waals surface area (Å²) in [6.45, 7) is 4.61. The first-order valence-corrected chi connectivity index (χ1v) is 10.2. The van der Waals surface area contributed by atoms with Gasteiger partial charge in [-0.15, -0.1) is 0 Å². The summed E-state index contributed by atoms with van der Waals surface area (Å²) in [7, 11) is 0. The molecule has 0 spiro atoms. The summed E-state index contributed by atoms with van der Waals surface area (Å²) < 4.78 is 1.90. The topological polar surface area (TPSA) is 83.3 Å². The van der Waals surface area contributed by atoms with Crippen molar-refractivity contribution in [2.24, 2.45) is 11.8 Å². The Morgan fingerprint density at radius 3 is 2.82 bits per heavy atom. The molecule has 2 fully saturated rings. The van der Waals surface area contributed by atoms with Crippen LogP contribution >= 0.6 is 0 Å². The lowest BCUT2D eigenvalue weighted by Crippen LogP contribution is -2.46. The Hall–Kier alpha value is -2.41. The molecule has 150 valence electrons. The number of pyridine rings is 1. The van der Waals surface area contributed by atoms with Crippen molar-refractivity contribution in [3.63, 3.8) is 0 Å². The van der Waals surface area contributed by atoms with Crippen LogP contribution in [0, 0.1) is 18.8 Å². The number of aryl methyl sites for hydroxylation is 1. The molecule has 4 rings (SSSR count). The normalized spacial score (nSPS) is 25.8. The van der Waals surface area contributed by atoms with Crippen molar-refractivity contribution in [1.29, 1.82) is 0 Å². The van der Waals surface area contributed by atoms with Crippen LogP contribution in [0.3, 0.4) is 0 Å². The molecule has 2 aromatic rings. The van der Waals surface area contributed by atoms with E-state index in [0.717, 1.165) is 38.9 Å². The summed E-state index contributed by atoms with van der Waals surface area (Å²) in [5, 5.41) is 17.8. The Morgan fingerprint density at radius 1 is 1.29 bits per heavy atom. The van der Waals surface area contributed by atoms with Gasteiger partial charge >= 0.3 is 0 Å². The number of piperidine rings is 1. The van der Waals surface area contributed by atoms with E-state index in [1.807, 2.05) is 35.4 Å². The number of carbonyl (C=O) groups excluding carboxylic acids is 1. The first kappa shape index (κ1) is 18.9. The number of hydrogen-bond acceptors (Lipinski definition) is 5. The van der Waals surface area contributed by atoms with E-state index < -0.39 is 6.10 Å². The molecule has 0 bridgehead atoms. The fourth-order valence-electron chi connectivity index (χ4n) is 4.60. The maximum absolute atomic E-state index is 12.8. The van der Waals surface area contributed by atoms with Gasteiger partial charge in [0.1, 0.15) is 0 Å². The number of aliphatic hydroxyl groups is 1. The number of rotatable bonds is 5. The Morgan fingerprint density at radius 2 is 2.11 bits per heavy atom. The minimum Gasteiger partial charge on any atom is -0.391 e. The van der Waals surface area contributed by atoms with Crippen molar-refractivity contribution in [3.8, 4) is 0 Å². The largest absolute Gasteiger partial charge is 0.391 e. The van der Waals surface area contributed by atoms with Gasteiger partial charge in [0.15, 0.2) is 0 Å². The molecule has 0 radical (unpaired) electrons. The van der Waals surface area contributed by atoms with E-state index in [2.05, 4.69) is 27.2 Å². The third kappa shape index (κ3) is 4.19.